The number of benzene rings is 2. The van der Waals surface area contributed by atoms with Gasteiger partial charge in [-0.25, -0.2) is 9.59 Å². The van der Waals surface area contributed by atoms with Crippen molar-refractivity contribution in [3.63, 3.8) is 0 Å². The molecule has 4 N–H and O–H groups in total. The normalized spacial score (nSPS) is 10.4. The second-order valence-corrected chi connectivity index (χ2v) is 3.58. The van der Waals surface area contributed by atoms with E-state index in [2.05, 4.69) is 0 Å². The molecule has 2 aromatic rings. The van der Waals surface area contributed by atoms with Crippen LogP contribution in [-0.4, -0.2) is 22.2 Å². The van der Waals surface area contributed by atoms with Crippen LogP contribution in [0.4, 0.5) is 5.69 Å². The van der Waals surface area contributed by atoms with Crippen molar-refractivity contribution in [2.75, 3.05) is 5.73 Å². The first-order chi connectivity index (χ1) is 8.00. The highest BCUT2D eigenvalue weighted by Crippen LogP contribution is 2.25. The Balaban J connectivity index is 2.87. The molecular formula is C12H9NO4. The lowest BCUT2D eigenvalue weighted by atomic mass is 10.00. The van der Waals surface area contributed by atoms with Crippen LogP contribution in [0.5, 0.6) is 0 Å². The van der Waals surface area contributed by atoms with Crippen molar-refractivity contribution in [3.8, 4) is 0 Å². The minimum atomic E-state index is -1.28. The van der Waals surface area contributed by atoms with Gasteiger partial charge < -0.3 is 15.9 Å². The van der Waals surface area contributed by atoms with Gasteiger partial charge in [-0.1, -0.05) is 12.1 Å². The average molecular weight is 231 g/mol. The second kappa shape index (κ2) is 3.79. The third kappa shape index (κ3) is 1.78. The number of carboxylic acids is 2. The molecule has 0 aliphatic carbocycles. The predicted octanol–water partition coefficient (Wildman–Crippen LogP) is 1.82. The molecule has 0 unspecified atom stereocenters. The summed E-state index contributed by atoms with van der Waals surface area (Å²) in [5.41, 5.74) is 5.63. The maximum absolute atomic E-state index is 11.0. The summed E-state index contributed by atoms with van der Waals surface area (Å²) >= 11 is 0. The van der Waals surface area contributed by atoms with E-state index >= 15 is 0 Å². The van der Waals surface area contributed by atoms with E-state index in [4.69, 9.17) is 15.9 Å². The Morgan fingerprint density at radius 3 is 2.18 bits per heavy atom. The fourth-order valence-electron chi connectivity index (χ4n) is 1.70. The third-order valence-electron chi connectivity index (χ3n) is 2.51. The van der Waals surface area contributed by atoms with E-state index in [1.54, 1.807) is 18.2 Å². The van der Waals surface area contributed by atoms with Gasteiger partial charge in [-0.15, -0.1) is 0 Å². The molecule has 0 bridgehead atoms. The van der Waals surface area contributed by atoms with Crippen molar-refractivity contribution in [1.82, 2.24) is 0 Å². The van der Waals surface area contributed by atoms with E-state index in [-0.39, 0.29) is 11.1 Å². The number of nitrogen functional groups attached to an aromatic ring is 1. The maximum Gasteiger partial charge on any atom is 0.336 e. The number of nitrogens with two attached hydrogens (primary N) is 1. The first kappa shape index (κ1) is 10.9. The third-order valence-corrected chi connectivity index (χ3v) is 2.51. The second-order valence-electron chi connectivity index (χ2n) is 3.58. The lowest BCUT2D eigenvalue weighted by Gasteiger charge is -2.06. The molecule has 2 aromatic carbocycles. The van der Waals surface area contributed by atoms with Crippen molar-refractivity contribution in [3.05, 3.63) is 41.5 Å². The van der Waals surface area contributed by atoms with Crippen molar-refractivity contribution in [2.24, 2.45) is 0 Å². The Kier molecular flexibility index (Phi) is 2.44. The van der Waals surface area contributed by atoms with Gasteiger partial charge in [0.1, 0.15) is 0 Å². The summed E-state index contributed by atoms with van der Waals surface area (Å²) in [5.74, 6) is -2.56. The molecule has 0 aromatic heterocycles. The Hall–Kier alpha value is -2.56. The Morgan fingerprint density at radius 2 is 1.59 bits per heavy atom. The topological polar surface area (TPSA) is 101 Å². The van der Waals surface area contributed by atoms with Gasteiger partial charge in [-0.2, -0.15) is 0 Å². The molecule has 0 atom stereocenters. The van der Waals surface area contributed by atoms with Crippen LogP contribution in [0.2, 0.25) is 0 Å². The highest BCUT2D eigenvalue weighted by molar-refractivity contribution is 6.08. The molecule has 5 heteroatoms. The number of fused-ring (bicyclic) bond motifs is 1. The summed E-state index contributed by atoms with van der Waals surface area (Å²) in [6, 6.07) is 7.61. The summed E-state index contributed by atoms with van der Waals surface area (Å²) in [7, 11) is 0. The summed E-state index contributed by atoms with van der Waals surface area (Å²) in [6.07, 6.45) is 0. The molecule has 0 amide bonds. The highest BCUT2D eigenvalue weighted by atomic mass is 16.4. The smallest absolute Gasteiger partial charge is 0.336 e. The largest absolute Gasteiger partial charge is 0.478 e. The molecule has 0 aliphatic heterocycles. The molecule has 17 heavy (non-hydrogen) atoms. The molecule has 0 aliphatic rings. The van der Waals surface area contributed by atoms with Crippen LogP contribution < -0.4 is 5.73 Å². The first-order valence-electron chi connectivity index (χ1n) is 4.79. The van der Waals surface area contributed by atoms with E-state index in [1.165, 1.54) is 12.1 Å². The van der Waals surface area contributed by atoms with Crippen LogP contribution in [-0.2, 0) is 0 Å². The van der Waals surface area contributed by atoms with Crippen LogP contribution >= 0.6 is 0 Å². The van der Waals surface area contributed by atoms with Crippen LogP contribution in [0.1, 0.15) is 20.7 Å². The van der Waals surface area contributed by atoms with Crippen molar-refractivity contribution in [1.29, 1.82) is 0 Å². The first-order valence-corrected chi connectivity index (χ1v) is 4.79. The van der Waals surface area contributed by atoms with Gasteiger partial charge in [0.15, 0.2) is 0 Å². The molecule has 0 spiro atoms. The number of aromatic carboxylic acids is 2. The van der Waals surface area contributed by atoms with E-state index < -0.39 is 11.9 Å². The molecular weight excluding hydrogens is 222 g/mol. The van der Waals surface area contributed by atoms with Crippen LogP contribution in [0.3, 0.4) is 0 Å². The van der Waals surface area contributed by atoms with Crippen molar-refractivity contribution in [2.45, 2.75) is 0 Å². The molecule has 0 fully saturated rings. The van der Waals surface area contributed by atoms with Gasteiger partial charge >= 0.3 is 11.9 Å². The van der Waals surface area contributed by atoms with Gasteiger partial charge in [0.25, 0.3) is 0 Å². The molecule has 86 valence electrons. The minimum absolute atomic E-state index is 0.240. The fraction of sp³-hybridized carbons (Fsp3) is 0. The molecule has 0 saturated carbocycles. The summed E-state index contributed by atoms with van der Waals surface area (Å²) in [6.45, 7) is 0. The quantitative estimate of drug-likeness (QED) is 0.684. The number of hydrogen-bond acceptors (Lipinski definition) is 3. The number of carboxylic acid groups (broad SMARTS) is 2. The Bertz CT molecular complexity index is 634. The Labute approximate surface area is 96.1 Å². The molecule has 0 heterocycles. The minimum Gasteiger partial charge on any atom is -0.478 e. The van der Waals surface area contributed by atoms with E-state index in [9.17, 15) is 9.59 Å². The van der Waals surface area contributed by atoms with E-state index in [0.717, 1.165) is 0 Å². The maximum atomic E-state index is 11.0. The molecule has 0 radical (unpaired) electrons. The summed E-state index contributed by atoms with van der Waals surface area (Å²) in [5, 5.41) is 19.1. The lowest BCUT2D eigenvalue weighted by Crippen LogP contribution is -2.08. The predicted molar refractivity (Wildman–Crippen MR) is 62.3 cm³/mol. The zero-order valence-electron chi connectivity index (χ0n) is 8.68. The van der Waals surface area contributed by atoms with Crippen LogP contribution in [0, 0.1) is 0 Å². The monoisotopic (exact) mass is 231 g/mol. The zero-order chi connectivity index (χ0) is 12.6. The average Bonchev–Trinajstić information content (AvgIpc) is 2.27. The number of rotatable bonds is 2. The highest BCUT2D eigenvalue weighted by Gasteiger charge is 2.17. The number of hydrogen-bond donors (Lipinski definition) is 3. The summed E-state index contributed by atoms with van der Waals surface area (Å²) < 4.78 is 0. The van der Waals surface area contributed by atoms with E-state index in [1.807, 2.05) is 0 Å². The zero-order valence-corrected chi connectivity index (χ0v) is 8.68. The van der Waals surface area contributed by atoms with Gasteiger partial charge in [-0.05, 0) is 23.6 Å². The molecule has 5 nitrogen and oxygen atoms in total. The molecule has 0 saturated heterocycles. The van der Waals surface area contributed by atoms with Crippen molar-refractivity contribution >= 4 is 28.4 Å². The van der Waals surface area contributed by atoms with Gasteiger partial charge in [0, 0.05) is 11.1 Å². The SMILES string of the molecule is Nc1cccc2cc(C(=O)O)c(C(=O)O)cc12. The van der Waals surface area contributed by atoms with Crippen LogP contribution in [0.25, 0.3) is 10.8 Å². The number of anilines is 1. The standard InChI is InChI=1S/C12H9NO4/c13-10-3-1-2-6-4-8(11(14)15)9(12(16)17)5-7(6)10/h1-5H,13H2,(H,14,15)(H,16,17). The van der Waals surface area contributed by atoms with Crippen LogP contribution in [0.15, 0.2) is 30.3 Å². The Morgan fingerprint density at radius 1 is 1.00 bits per heavy atom. The van der Waals surface area contributed by atoms with E-state index in [0.29, 0.717) is 16.5 Å². The van der Waals surface area contributed by atoms with Gasteiger partial charge in [-0.3, -0.25) is 0 Å². The van der Waals surface area contributed by atoms with Gasteiger partial charge in [0.2, 0.25) is 0 Å². The summed E-state index contributed by atoms with van der Waals surface area (Å²) in [4.78, 5) is 21.9. The molecule has 2 rings (SSSR count). The van der Waals surface area contributed by atoms with Crippen molar-refractivity contribution < 1.29 is 19.8 Å². The fourth-order valence-corrected chi connectivity index (χ4v) is 1.70. The lowest BCUT2D eigenvalue weighted by molar-refractivity contribution is 0.0652. The number of carbonyl (C=O) groups is 2. The van der Waals surface area contributed by atoms with Gasteiger partial charge in [0.05, 0.1) is 11.1 Å².